The van der Waals surface area contributed by atoms with Crippen LogP contribution in [0.4, 0.5) is 0 Å². The van der Waals surface area contributed by atoms with E-state index in [-0.39, 0.29) is 17.6 Å². The van der Waals surface area contributed by atoms with Gasteiger partial charge < -0.3 is 15.0 Å². The third kappa shape index (κ3) is 6.04. The van der Waals surface area contributed by atoms with Crippen LogP contribution in [0.15, 0.2) is 0 Å². The second kappa shape index (κ2) is 6.34. The molecule has 1 aliphatic rings. The lowest BCUT2D eigenvalue weighted by Crippen LogP contribution is -2.56. The highest BCUT2D eigenvalue weighted by atomic mass is 16.5. The van der Waals surface area contributed by atoms with Crippen LogP contribution < -0.4 is 5.32 Å². The lowest BCUT2D eigenvalue weighted by atomic mass is 9.82. The third-order valence-corrected chi connectivity index (χ3v) is 3.33. The first-order valence-corrected chi connectivity index (χ1v) is 7.66. The first-order chi connectivity index (χ1) is 9.39. The number of amides is 2. The average Bonchev–Trinajstić information content (AvgIpc) is 2.22. The van der Waals surface area contributed by atoms with E-state index in [1.54, 1.807) is 4.90 Å². The lowest BCUT2D eigenvalue weighted by Gasteiger charge is -2.36. The van der Waals surface area contributed by atoms with Crippen LogP contribution in [0, 0.1) is 5.41 Å². The monoisotopic (exact) mass is 298 g/mol. The van der Waals surface area contributed by atoms with Crippen molar-refractivity contribution in [2.45, 2.75) is 72.6 Å². The van der Waals surface area contributed by atoms with Gasteiger partial charge in [-0.2, -0.15) is 0 Å². The van der Waals surface area contributed by atoms with Gasteiger partial charge in [-0.25, -0.2) is 0 Å². The van der Waals surface area contributed by atoms with Crippen LogP contribution in [0.3, 0.4) is 0 Å². The topological polar surface area (TPSA) is 58.6 Å². The molecule has 0 spiro atoms. The second-order valence-corrected chi connectivity index (χ2v) is 8.04. The molecular formula is C16H30N2O3. The fourth-order valence-electron chi connectivity index (χ4n) is 3.22. The number of nitrogens with zero attached hydrogens (tertiary/aromatic N) is 1. The van der Waals surface area contributed by atoms with Gasteiger partial charge in [-0.3, -0.25) is 9.59 Å². The number of ether oxygens (including phenoxy) is 1. The van der Waals surface area contributed by atoms with Crippen LogP contribution in [-0.4, -0.2) is 47.6 Å². The number of hydrogen-bond acceptors (Lipinski definition) is 3. The average molecular weight is 298 g/mol. The Morgan fingerprint density at radius 2 is 1.57 bits per heavy atom. The Labute approximate surface area is 128 Å². The maximum Gasteiger partial charge on any atom is 0.312 e. The molecule has 2 unspecified atom stereocenters. The predicted octanol–water partition coefficient (Wildman–Crippen LogP) is 1.95. The van der Waals surface area contributed by atoms with Gasteiger partial charge in [0.2, 0.25) is 0 Å². The molecular weight excluding hydrogens is 268 g/mol. The maximum absolute atomic E-state index is 12.3. The molecule has 1 saturated heterocycles. The summed E-state index contributed by atoms with van der Waals surface area (Å²) in [6, 6.07) is 0. The zero-order valence-corrected chi connectivity index (χ0v) is 14.4. The van der Waals surface area contributed by atoms with Gasteiger partial charge in [0, 0.05) is 18.6 Å². The molecule has 0 saturated carbocycles. The number of nitrogens with one attached hydrogen (secondary N) is 1. The molecule has 0 bridgehead atoms. The molecule has 5 nitrogen and oxygen atoms in total. The number of morpholine rings is 1. The first-order valence-electron chi connectivity index (χ1n) is 7.66. The smallest absolute Gasteiger partial charge is 0.312 e. The Hall–Kier alpha value is -1.10. The van der Waals surface area contributed by atoms with Gasteiger partial charge in [-0.15, -0.1) is 0 Å². The van der Waals surface area contributed by atoms with Crippen molar-refractivity contribution in [1.29, 1.82) is 0 Å². The summed E-state index contributed by atoms with van der Waals surface area (Å²) in [4.78, 5) is 26.1. The van der Waals surface area contributed by atoms with E-state index >= 15 is 0 Å². The van der Waals surface area contributed by atoms with E-state index < -0.39 is 17.4 Å². The molecule has 1 N–H and O–H groups in total. The quantitative estimate of drug-likeness (QED) is 0.793. The highest BCUT2D eigenvalue weighted by molar-refractivity contribution is 6.35. The maximum atomic E-state index is 12.3. The molecule has 0 aromatic rings. The number of carbonyl (C=O) groups excluding carboxylic acids is 2. The lowest BCUT2D eigenvalue weighted by molar-refractivity contribution is -0.154. The summed E-state index contributed by atoms with van der Waals surface area (Å²) in [6.45, 7) is 15.0. The molecule has 0 aromatic carbocycles. The van der Waals surface area contributed by atoms with E-state index in [0.717, 1.165) is 6.42 Å². The summed E-state index contributed by atoms with van der Waals surface area (Å²) < 4.78 is 5.59. The summed E-state index contributed by atoms with van der Waals surface area (Å²) in [5.74, 6) is -0.982. The van der Waals surface area contributed by atoms with Crippen LogP contribution in [0.25, 0.3) is 0 Å². The summed E-state index contributed by atoms with van der Waals surface area (Å²) in [5, 5.41) is 2.87. The van der Waals surface area contributed by atoms with Gasteiger partial charge in [0.1, 0.15) is 0 Å². The van der Waals surface area contributed by atoms with Crippen molar-refractivity contribution in [1.82, 2.24) is 10.2 Å². The van der Waals surface area contributed by atoms with Crippen molar-refractivity contribution in [2.24, 2.45) is 5.41 Å². The molecule has 5 heteroatoms. The predicted molar refractivity (Wildman–Crippen MR) is 82.9 cm³/mol. The molecule has 1 heterocycles. The van der Waals surface area contributed by atoms with E-state index in [4.69, 9.17) is 4.74 Å². The van der Waals surface area contributed by atoms with Gasteiger partial charge in [-0.05, 0) is 39.5 Å². The van der Waals surface area contributed by atoms with Crippen molar-refractivity contribution < 1.29 is 14.3 Å². The van der Waals surface area contributed by atoms with Crippen molar-refractivity contribution in [3.8, 4) is 0 Å². The van der Waals surface area contributed by atoms with Crippen molar-refractivity contribution in [2.75, 3.05) is 13.1 Å². The Morgan fingerprint density at radius 1 is 1.10 bits per heavy atom. The fraction of sp³-hybridized carbons (Fsp3) is 0.875. The van der Waals surface area contributed by atoms with E-state index in [9.17, 15) is 9.59 Å². The largest absolute Gasteiger partial charge is 0.372 e. The molecule has 0 radical (unpaired) electrons. The summed E-state index contributed by atoms with van der Waals surface area (Å²) in [6.07, 6.45) is 0.732. The van der Waals surface area contributed by atoms with E-state index in [0.29, 0.717) is 13.1 Å². The molecule has 1 rings (SSSR count). The van der Waals surface area contributed by atoms with Gasteiger partial charge >= 0.3 is 11.8 Å². The highest BCUT2D eigenvalue weighted by Gasteiger charge is 2.33. The number of hydrogen-bond donors (Lipinski definition) is 1. The Bertz CT molecular complexity index is 389. The summed E-state index contributed by atoms with van der Waals surface area (Å²) >= 11 is 0. The third-order valence-electron chi connectivity index (χ3n) is 3.33. The van der Waals surface area contributed by atoms with E-state index in [2.05, 4.69) is 26.1 Å². The molecule has 122 valence electrons. The second-order valence-electron chi connectivity index (χ2n) is 8.04. The van der Waals surface area contributed by atoms with Gasteiger partial charge in [0.15, 0.2) is 0 Å². The molecule has 2 atom stereocenters. The van der Waals surface area contributed by atoms with Crippen LogP contribution in [0.1, 0.15) is 54.9 Å². The molecule has 2 amide bonds. The summed E-state index contributed by atoms with van der Waals surface area (Å²) in [7, 11) is 0. The van der Waals surface area contributed by atoms with Crippen molar-refractivity contribution in [3.63, 3.8) is 0 Å². The van der Waals surface area contributed by atoms with Gasteiger partial charge in [0.05, 0.1) is 12.2 Å². The van der Waals surface area contributed by atoms with E-state index in [1.807, 2.05) is 27.7 Å². The Morgan fingerprint density at radius 3 is 2.00 bits per heavy atom. The minimum atomic E-state index is -0.523. The molecule has 0 aromatic heterocycles. The molecule has 21 heavy (non-hydrogen) atoms. The standard InChI is InChI=1S/C16H30N2O3/c1-11-8-18(9-12(2)21-11)14(20)13(19)17-16(6,7)10-15(3,4)5/h11-12H,8-10H2,1-7H3,(H,17,19). The van der Waals surface area contributed by atoms with Crippen molar-refractivity contribution >= 4 is 11.8 Å². The number of rotatable bonds is 2. The molecule has 1 aliphatic heterocycles. The van der Waals surface area contributed by atoms with Gasteiger partial charge in [-0.1, -0.05) is 20.8 Å². The van der Waals surface area contributed by atoms with Crippen LogP contribution >= 0.6 is 0 Å². The van der Waals surface area contributed by atoms with Crippen LogP contribution in [0.2, 0.25) is 0 Å². The highest BCUT2D eigenvalue weighted by Crippen LogP contribution is 2.26. The zero-order valence-electron chi connectivity index (χ0n) is 14.4. The van der Waals surface area contributed by atoms with E-state index in [1.165, 1.54) is 0 Å². The minimum absolute atomic E-state index is 0.0342. The molecule has 0 aliphatic carbocycles. The van der Waals surface area contributed by atoms with Gasteiger partial charge in [0.25, 0.3) is 0 Å². The van der Waals surface area contributed by atoms with Crippen LogP contribution in [-0.2, 0) is 14.3 Å². The normalized spacial score (nSPS) is 23.9. The number of carbonyl (C=O) groups is 2. The summed E-state index contributed by atoms with van der Waals surface area (Å²) in [5.41, 5.74) is -0.323. The minimum Gasteiger partial charge on any atom is -0.372 e. The first kappa shape index (κ1) is 18.0. The fourth-order valence-corrected chi connectivity index (χ4v) is 3.22. The zero-order chi connectivity index (χ0) is 16.4. The Kier molecular flexibility index (Phi) is 5.42. The van der Waals surface area contributed by atoms with Crippen LogP contribution in [0.5, 0.6) is 0 Å². The Balaban J connectivity index is 2.64. The SMILES string of the molecule is CC1CN(C(=O)C(=O)NC(C)(C)CC(C)(C)C)CC(C)O1. The molecule has 1 fully saturated rings. The van der Waals surface area contributed by atoms with Crippen molar-refractivity contribution in [3.05, 3.63) is 0 Å².